The fourth-order valence-electron chi connectivity index (χ4n) is 2.46. The monoisotopic (exact) mass is 373 g/mol. The average molecular weight is 373 g/mol. The van der Waals surface area contributed by atoms with Crippen molar-refractivity contribution in [1.82, 2.24) is 9.97 Å². The number of ether oxygens (including phenoxy) is 1. The predicted octanol–water partition coefficient (Wildman–Crippen LogP) is 4.13. The highest BCUT2D eigenvalue weighted by Crippen LogP contribution is 2.20. The van der Waals surface area contributed by atoms with Crippen molar-refractivity contribution < 1.29 is 9.53 Å². The topological polar surface area (TPSA) is 99.9 Å². The van der Waals surface area contributed by atoms with E-state index in [-0.39, 0.29) is 11.8 Å². The summed E-state index contributed by atoms with van der Waals surface area (Å²) in [4.78, 5) is 20.6. The molecule has 0 bridgehead atoms. The van der Waals surface area contributed by atoms with E-state index in [0.29, 0.717) is 17.1 Å². The van der Waals surface area contributed by atoms with Crippen LogP contribution >= 0.6 is 0 Å². The molecule has 140 valence electrons. The SMILES string of the molecule is CC(C)Oc1ccc(Nc2cc(C(=O)Nc3ccccc3C#N)ncn2)cc1. The number of benzene rings is 2. The molecule has 0 aliphatic heterocycles. The number of para-hydroxylation sites is 1. The van der Waals surface area contributed by atoms with Crippen LogP contribution in [0, 0.1) is 11.3 Å². The number of nitrogens with one attached hydrogen (secondary N) is 2. The summed E-state index contributed by atoms with van der Waals surface area (Å²) in [5.41, 5.74) is 1.80. The van der Waals surface area contributed by atoms with Crippen molar-refractivity contribution in [3.05, 3.63) is 72.2 Å². The summed E-state index contributed by atoms with van der Waals surface area (Å²) in [6.45, 7) is 3.93. The van der Waals surface area contributed by atoms with Gasteiger partial charge < -0.3 is 15.4 Å². The zero-order valence-corrected chi connectivity index (χ0v) is 15.5. The lowest BCUT2D eigenvalue weighted by molar-refractivity contribution is 0.102. The highest BCUT2D eigenvalue weighted by molar-refractivity contribution is 6.03. The Morgan fingerprint density at radius 1 is 1.11 bits per heavy atom. The maximum atomic E-state index is 12.5. The maximum absolute atomic E-state index is 12.5. The van der Waals surface area contributed by atoms with Gasteiger partial charge in [0.2, 0.25) is 0 Å². The normalized spacial score (nSPS) is 10.2. The van der Waals surface area contributed by atoms with E-state index in [1.165, 1.54) is 6.33 Å². The van der Waals surface area contributed by atoms with Gasteiger partial charge >= 0.3 is 0 Å². The Hall–Kier alpha value is -3.92. The van der Waals surface area contributed by atoms with Crippen molar-refractivity contribution in [3.8, 4) is 11.8 Å². The molecule has 3 rings (SSSR count). The second kappa shape index (κ2) is 8.64. The van der Waals surface area contributed by atoms with E-state index < -0.39 is 5.91 Å². The molecular weight excluding hydrogens is 354 g/mol. The van der Waals surface area contributed by atoms with Crippen molar-refractivity contribution in [3.63, 3.8) is 0 Å². The third-order valence-corrected chi connectivity index (χ3v) is 3.69. The Bertz CT molecular complexity index is 1010. The maximum Gasteiger partial charge on any atom is 0.274 e. The minimum atomic E-state index is -0.422. The minimum Gasteiger partial charge on any atom is -0.491 e. The zero-order chi connectivity index (χ0) is 19.9. The number of anilines is 3. The van der Waals surface area contributed by atoms with Gasteiger partial charge in [-0.1, -0.05) is 12.1 Å². The Balaban J connectivity index is 1.71. The standard InChI is InChI=1S/C21H19N5O2/c1-14(2)28-17-9-7-16(8-10-17)25-20-11-19(23-13-24-20)21(27)26-18-6-4-3-5-15(18)12-22/h3-11,13-14H,1-2H3,(H,26,27)(H,23,24,25). The second-order valence-corrected chi connectivity index (χ2v) is 6.22. The molecule has 7 heteroatoms. The Morgan fingerprint density at radius 2 is 1.86 bits per heavy atom. The van der Waals surface area contributed by atoms with Crippen LogP contribution < -0.4 is 15.4 Å². The average Bonchev–Trinajstić information content (AvgIpc) is 2.70. The summed E-state index contributed by atoms with van der Waals surface area (Å²) < 4.78 is 5.62. The van der Waals surface area contributed by atoms with Gasteiger partial charge in [0, 0.05) is 11.8 Å². The molecule has 3 aromatic rings. The lowest BCUT2D eigenvalue weighted by Crippen LogP contribution is -2.15. The van der Waals surface area contributed by atoms with Crippen molar-refractivity contribution in [1.29, 1.82) is 5.26 Å². The number of amides is 1. The third-order valence-electron chi connectivity index (χ3n) is 3.69. The quantitative estimate of drug-likeness (QED) is 0.674. The fourth-order valence-corrected chi connectivity index (χ4v) is 2.46. The van der Waals surface area contributed by atoms with Crippen LogP contribution in [0.4, 0.5) is 17.2 Å². The Morgan fingerprint density at radius 3 is 2.57 bits per heavy atom. The molecular formula is C21H19N5O2. The van der Waals surface area contributed by atoms with Gasteiger partial charge in [-0.05, 0) is 50.2 Å². The molecule has 0 aliphatic carbocycles. The molecule has 0 aliphatic rings. The molecule has 2 N–H and O–H groups in total. The van der Waals surface area contributed by atoms with Crippen LogP contribution in [0.25, 0.3) is 0 Å². The van der Waals surface area contributed by atoms with Crippen LogP contribution in [-0.2, 0) is 0 Å². The smallest absolute Gasteiger partial charge is 0.274 e. The van der Waals surface area contributed by atoms with Gasteiger partial charge in [0.05, 0.1) is 17.4 Å². The summed E-state index contributed by atoms with van der Waals surface area (Å²) >= 11 is 0. The molecule has 7 nitrogen and oxygen atoms in total. The van der Waals surface area contributed by atoms with Gasteiger partial charge in [-0.25, -0.2) is 9.97 Å². The Kier molecular flexibility index (Phi) is 5.82. The minimum absolute atomic E-state index is 0.105. The van der Waals surface area contributed by atoms with Gasteiger partial charge in [0.1, 0.15) is 29.7 Å². The molecule has 1 heterocycles. The van der Waals surface area contributed by atoms with E-state index in [0.717, 1.165) is 11.4 Å². The van der Waals surface area contributed by atoms with Gasteiger partial charge in [-0.15, -0.1) is 0 Å². The first-order valence-electron chi connectivity index (χ1n) is 8.71. The lowest BCUT2D eigenvalue weighted by Gasteiger charge is -2.11. The summed E-state index contributed by atoms with van der Waals surface area (Å²) in [6, 6.07) is 17.8. The number of aromatic nitrogens is 2. The summed E-state index contributed by atoms with van der Waals surface area (Å²) in [7, 11) is 0. The van der Waals surface area contributed by atoms with Crippen LogP contribution in [0.3, 0.4) is 0 Å². The van der Waals surface area contributed by atoms with Crippen LogP contribution in [-0.4, -0.2) is 22.0 Å². The van der Waals surface area contributed by atoms with Crippen molar-refractivity contribution in [2.45, 2.75) is 20.0 Å². The number of rotatable bonds is 6. The molecule has 0 spiro atoms. The number of hydrogen-bond donors (Lipinski definition) is 2. The fraction of sp³-hybridized carbons (Fsp3) is 0.143. The molecule has 28 heavy (non-hydrogen) atoms. The number of hydrogen-bond acceptors (Lipinski definition) is 6. The molecule has 0 atom stereocenters. The van der Waals surface area contributed by atoms with E-state index in [2.05, 4.69) is 20.6 Å². The highest BCUT2D eigenvalue weighted by atomic mass is 16.5. The summed E-state index contributed by atoms with van der Waals surface area (Å²) in [5, 5.41) is 15.0. The third kappa shape index (κ3) is 4.83. The van der Waals surface area contributed by atoms with Crippen molar-refractivity contribution in [2.24, 2.45) is 0 Å². The van der Waals surface area contributed by atoms with Gasteiger partial charge in [0.15, 0.2) is 0 Å². The molecule has 1 aromatic heterocycles. The van der Waals surface area contributed by atoms with Crippen LogP contribution in [0.1, 0.15) is 29.9 Å². The van der Waals surface area contributed by atoms with E-state index in [9.17, 15) is 4.79 Å². The van der Waals surface area contributed by atoms with Gasteiger partial charge in [0.25, 0.3) is 5.91 Å². The van der Waals surface area contributed by atoms with Gasteiger partial charge in [-0.2, -0.15) is 5.26 Å². The number of carbonyl (C=O) groups excluding carboxylic acids is 1. The van der Waals surface area contributed by atoms with E-state index in [4.69, 9.17) is 10.00 Å². The molecule has 0 radical (unpaired) electrons. The first-order valence-corrected chi connectivity index (χ1v) is 8.71. The van der Waals surface area contributed by atoms with Crippen LogP contribution in [0.2, 0.25) is 0 Å². The number of nitriles is 1. The van der Waals surface area contributed by atoms with Crippen molar-refractivity contribution in [2.75, 3.05) is 10.6 Å². The highest BCUT2D eigenvalue weighted by Gasteiger charge is 2.11. The second-order valence-electron chi connectivity index (χ2n) is 6.22. The zero-order valence-electron chi connectivity index (χ0n) is 15.5. The van der Waals surface area contributed by atoms with Crippen molar-refractivity contribution >= 4 is 23.1 Å². The number of carbonyl (C=O) groups is 1. The summed E-state index contributed by atoms with van der Waals surface area (Å²) in [6.07, 6.45) is 1.41. The molecule has 0 unspecified atom stereocenters. The van der Waals surface area contributed by atoms with Crippen LogP contribution in [0.5, 0.6) is 5.75 Å². The first kappa shape index (κ1) is 18.9. The van der Waals surface area contributed by atoms with Gasteiger partial charge in [-0.3, -0.25) is 4.79 Å². The molecule has 0 saturated carbocycles. The molecule has 0 saturated heterocycles. The molecule has 2 aromatic carbocycles. The Labute approximate surface area is 163 Å². The lowest BCUT2D eigenvalue weighted by atomic mass is 10.2. The number of nitrogens with zero attached hydrogens (tertiary/aromatic N) is 3. The first-order chi connectivity index (χ1) is 13.5. The van der Waals surface area contributed by atoms with E-state index in [1.807, 2.05) is 44.2 Å². The van der Waals surface area contributed by atoms with Crippen LogP contribution in [0.15, 0.2) is 60.9 Å². The summed E-state index contributed by atoms with van der Waals surface area (Å²) in [5.74, 6) is 0.833. The molecule has 1 amide bonds. The largest absolute Gasteiger partial charge is 0.491 e. The predicted molar refractivity (Wildman–Crippen MR) is 107 cm³/mol. The van der Waals surface area contributed by atoms with E-state index in [1.54, 1.807) is 30.3 Å². The molecule has 0 fully saturated rings. The van der Waals surface area contributed by atoms with E-state index >= 15 is 0 Å².